The maximum atomic E-state index is 5.32. The van der Waals surface area contributed by atoms with Crippen LogP contribution in [0.15, 0.2) is 10.6 Å². The highest BCUT2D eigenvalue weighted by atomic mass is 127. The van der Waals surface area contributed by atoms with E-state index in [2.05, 4.69) is 48.3 Å². The molecule has 0 fully saturated rings. The Hall–Kier alpha value is -0.0600. The molecule has 3 heteroatoms. The first-order chi connectivity index (χ1) is 4.50. The number of halogens is 1. The van der Waals surface area contributed by atoms with Crippen molar-refractivity contribution in [3.63, 3.8) is 0 Å². The van der Waals surface area contributed by atoms with Crippen molar-refractivity contribution in [2.24, 2.45) is 0 Å². The monoisotopic (exact) mass is 251 g/mol. The van der Waals surface area contributed by atoms with E-state index in [1.54, 1.807) is 6.20 Å². The predicted octanol–water partition coefficient (Wildman–Crippen LogP) is 2.58. The first kappa shape index (κ1) is 8.04. The van der Waals surface area contributed by atoms with Crippen molar-refractivity contribution in [2.75, 3.05) is 0 Å². The summed E-state index contributed by atoms with van der Waals surface area (Å²) in [7, 11) is 0. The average molecular weight is 251 g/mol. The third-order valence-corrected chi connectivity index (χ3v) is 1.62. The minimum atomic E-state index is 0.0312. The number of hydrogen-bond donors (Lipinski definition) is 0. The molecule has 0 aliphatic rings. The Morgan fingerprint density at radius 1 is 1.50 bits per heavy atom. The summed E-state index contributed by atoms with van der Waals surface area (Å²) in [5.41, 5.74) is 0.0312. The second kappa shape index (κ2) is 2.53. The summed E-state index contributed by atoms with van der Waals surface area (Å²) in [6.45, 7) is 6.23. The maximum absolute atomic E-state index is 5.32. The molecule has 1 heterocycles. The van der Waals surface area contributed by atoms with Crippen LogP contribution < -0.4 is 0 Å². The zero-order chi connectivity index (χ0) is 7.78. The quantitative estimate of drug-likeness (QED) is 0.662. The van der Waals surface area contributed by atoms with Gasteiger partial charge in [-0.25, -0.2) is 4.98 Å². The van der Waals surface area contributed by atoms with Gasteiger partial charge in [0.1, 0.15) is 0 Å². The van der Waals surface area contributed by atoms with Gasteiger partial charge in [-0.05, 0) is 0 Å². The predicted molar refractivity (Wildman–Crippen MR) is 47.9 cm³/mol. The van der Waals surface area contributed by atoms with Crippen LogP contribution >= 0.6 is 22.6 Å². The molecule has 0 N–H and O–H groups in total. The van der Waals surface area contributed by atoms with Crippen molar-refractivity contribution in [2.45, 2.75) is 26.2 Å². The Kier molecular flexibility index (Phi) is 2.03. The molecule has 0 aromatic carbocycles. The van der Waals surface area contributed by atoms with Gasteiger partial charge in [-0.1, -0.05) is 20.8 Å². The lowest BCUT2D eigenvalue weighted by atomic mass is 9.97. The van der Waals surface area contributed by atoms with E-state index in [-0.39, 0.29) is 5.41 Å². The highest BCUT2D eigenvalue weighted by Crippen LogP contribution is 2.21. The lowest BCUT2D eigenvalue weighted by Gasteiger charge is -2.11. The van der Waals surface area contributed by atoms with Gasteiger partial charge in [-0.15, -0.1) is 0 Å². The van der Waals surface area contributed by atoms with Crippen LogP contribution in [-0.2, 0) is 5.41 Å². The van der Waals surface area contributed by atoms with Crippen molar-refractivity contribution in [3.05, 3.63) is 15.9 Å². The molecule has 0 aliphatic carbocycles. The molecule has 0 spiro atoms. The fourth-order valence-corrected chi connectivity index (χ4v) is 0.949. The van der Waals surface area contributed by atoms with Crippen LogP contribution in [0.2, 0.25) is 0 Å². The topological polar surface area (TPSA) is 26.0 Å². The summed E-state index contributed by atoms with van der Waals surface area (Å²) in [5, 5.41) is 0. The standard InChI is InChI=1S/C7H10INO/c1-7(2,3)6-9-4-5(8)10-6/h4H,1-3H3. The largest absolute Gasteiger partial charge is 0.434 e. The van der Waals surface area contributed by atoms with Gasteiger partial charge >= 0.3 is 0 Å². The van der Waals surface area contributed by atoms with Crippen molar-refractivity contribution >= 4 is 22.6 Å². The molecule has 2 nitrogen and oxygen atoms in total. The molecule has 0 bridgehead atoms. The Bertz CT molecular complexity index is 224. The van der Waals surface area contributed by atoms with E-state index in [4.69, 9.17) is 4.42 Å². The molecule has 0 radical (unpaired) electrons. The van der Waals surface area contributed by atoms with E-state index in [1.807, 2.05) is 0 Å². The van der Waals surface area contributed by atoms with Gasteiger partial charge in [-0.2, -0.15) is 0 Å². The lowest BCUT2D eigenvalue weighted by molar-refractivity contribution is 0.380. The summed E-state index contributed by atoms with van der Waals surface area (Å²) >= 11 is 2.11. The van der Waals surface area contributed by atoms with Gasteiger partial charge in [0.05, 0.1) is 6.20 Å². The second-order valence-corrected chi connectivity index (χ2v) is 4.28. The molecule has 1 aromatic heterocycles. The zero-order valence-corrected chi connectivity index (χ0v) is 8.47. The molecule has 1 rings (SSSR count). The van der Waals surface area contributed by atoms with Gasteiger partial charge < -0.3 is 4.42 Å². The molecular formula is C7H10INO. The molecule has 0 atom stereocenters. The van der Waals surface area contributed by atoms with E-state index in [1.165, 1.54) is 0 Å². The molecule has 0 saturated carbocycles. The molecule has 10 heavy (non-hydrogen) atoms. The van der Waals surface area contributed by atoms with Crippen LogP contribution in [0, 0.1) is 3.77 Å². The van der Waals surface area contributed by atoms with Crippen LogP contribution in [-0.4, -0.2) is 4.98 Å². The van der Waals surface area contributed by atoms with Crippen molar-refractivity contribution in [1.82, 2.24) is 4.98 Å². The van der Waals surface area contributed by atoms with Crippen molar-refractivity contribution < 1.29 is 4.42 Å². The Morgan fingerprint density at radius 3 is 2.30 bits per heavy atom. The number of oxazole rings is 1. The normalized spacial score (nSPS) is 12.0. The number of nitrogens with zero attached hydrogens (tertiary/aromatic N) is 1. The van der Waals surface area contributed by atoms with Crippen LogP contribution in [0.3, 0.4) is 0 Å². The van der Waals surface area contributed by atoms with Crippen LogP contribution in [0.5, 0.6) is 0 Å². The minimum Gasteiger partial charge on any atom is -0.434 e. The summed E-state index contributed by atoms with van der Waals surface area (Å²) in [6.07, 6.45) is 1.74. The van der Waals surface area contributed by atoms with Crippen LogP contribution in [0.4, 0.5) is 0 Å². The van der Waals surface area contributed by atoms with Gasteiger partial charge in [-0.3, -0.25) is 0 Å². The molecule has 0 saturated heterocycles. The highest BCUT2D eigenvalue weighted by Gasteiger charge is 2.19. The third-order valence-electron chi connectivity index (χ3n) is 1.12. The number of aromatic nitrogens is 1. The van der Waals surface area contributed by atoms with Crippen LogP contribution in [0.25, 0.3) is 0 Å². The summed E-state index contributed by atoms with van der Waals surface area (Å²) in [4.78, 5) is 4.11. The Balaban J connectivity index is 2.96. The van der Waals surface area contributed by atoms with E-state index < -0.39 is 0 Å². The molecule has 0 amide bonds. The fourth-order valence-electron chi connectivity index (χ4n) is 0.601. The number of rotatable bonds is 0. The van der Waals surface area contributed by atoms with Gasteiger partial charge in [0.15, 0.2) is 3.77 Å². The first-order valence-electron chi connectivity index (χ1n) is 3.12. The van der Waals surface area contributed by atoms with Gasteiger partial charge in [0.2, 0.25) is 5.89 Å². The SMILES string of the molecule is CC(C)(C)c1ncc(I)o1. The minimum absolute atomic E-state index is 0.0312. The van der Waals surface area contributed by atoms with Crippen LogP contribution in [0.1, 0.15) is 26.7 Å². The van der Waals surface area contributed by atoms with Gasteiger partial charge in [0.25, 0.3) is 0 Å². The molecule has 0 aliphatic heterocycles. The van der Waals surface area contributed by atoms with E-state index >= 15 is 0 Å². The van der Waals surface area contributed by atoms with E-state index in [9.17, 15) is 0 Å². The molecule has 0 unspecified atom stereocenters. The Labute approximate surface area is 74.2 Å². The summed E-state index contributed by atoms with van der Waals surface area (Å²) in [5.74, 6) is 0.803. The average Bonchev–Trinajstić information content (AvgIpc) is 2.11. The lowest BCUT2D eigenvalue weighted by Crippen LogP contribution is -2.10. The van der Waals surface area contributed by atoms with E-state index in [0.29, 0.717) is 0 Å². The third kappa shape index (κ3) is 1.71. The second-order valence-electron chi connectivity index (χ2n) is 3.22. The molecule has 1 aromatic rings. The molecular weight excluding hydrogens is 241 g/mol. The van der Waals surface area contributed by atoms with Gasteiger partial charge in [0, 0.05) is 28.0 Å². The fraction of sp³-hybridized carbons (Fsp3) is 0.571. The summed E-state index contributed by atoms with van der Waals surface area (Å²) in [6, 6.07) is 0. The van der Waals surface area contributed by atoms with Crippen molar-refractivity contribution in [3.8, 4) is 0 Å². The summed E-state index contributed by atoms with van der Waals surface area (Å²) < 4.78 is 6.17. The maximum Gasteiger partial charge on any atom is 0.200 e. The number of hydrogen-bond acceptors (Lipinski definition) is 2. The van der Waals surface area contributed by atoms with Crippen molar-refractivity contribution in [1.29, 1.82) is 0 Å². The zero-order valence-electron chi connectivity index (χ0n) is 6.31. The Morgan fingerprint density at radius 2 is 2.10 bits per heavy atom. The first-order valence-corrected chi connectivity index (χ1v) is 4.20. The molecule has 56 valence electrons. The van der Waals surface area contributed by atoms with E-state index in [0.717, 1.165) is 9.66 Å². The smallest absolute Gasteiger partial charge is 0.200 e. The highest BCUT2D eigenvalue weighted by molar-refractivity contribution is 14.1.